The van der Waals surface area contributed by atoms with Crippen LogP contribution in [0.1, 0.15) is 38.9 Å². The van der Waals surface area contributed by atoms with Gasteiger partial charge in [0.2, 0.25) is 0 Å². The molecule has 0 aliphatic carbocycles. The first-order valence-electron chi connectivity index (χ1n) is 6.87. The minimum Gasteiger partial charge on any atom is -0.334 e. The van der Waals surface area contributed by atoms with E-state index in [1.165, 1.54) is 23.3 Å². The lowest BCUT2D eigenvalue weighted by atomic mass is 10.1. The van der Waals surface area contributed by atoms with Gasteiger partial charge in [0.25, 0.3) is 11.6 Å². The van der Waals surface area contributed by atoms with Crippen molar-refractivity contribution >= 4 is 22.9 Å². The highest BCUT2D eigenvalue weighted by atomic mass is 32.1. The second kappa shape index (κ2) is 6.41. The molecule has 2 aromatic rings. The second-order valence-electron chi connectivity index (χ2n) is 5.19. The number of aryl methyl sites for hydroxylation is 2. The second-order valence-corrected chi connectivity index (χ2v) is 6.43. The van der Waals surface area contributed by atoms with E-state index in [-0.39, 0.29) is 11.6 Å². The van der Waals surface area contributed by atoms with Crippen LogP contribution in [0.2, 0.25) is 0 Å². The number of halogens is 1. The molecule has 1 unspecified atom stereocenters. The van der Waals surface area contributed by atoms with Crippen molar-refractivity contribution in [1.82, 2.24) is 9.88 Å². The summed E-state index contributed by atoms with van der Waals surface area (Å²) in [7, 11) is 1.54. The van der Waals surface area contributed by atoms with Gasteiger partial charge in [0.1, 0.15) is 11.4 Å². The van der Waals surface area contributed by atoms with Gasteiger partial charge in [-0.25, -0.2) is 9.37 Å². The van der Waals surface area contributed by atoms with E-state index in [9.17, 15) is 19.3 Å². The van der Waals surface area contributed by atoms with E-state index in [0.29, 0.717) is 0 Å². The number of aromatic nitrogens is 1. The van der Waals surface area contributed by atoms with E-state index in [2.05, 4.69) is 4.98 Å². The Morgan fingerprint density at radius 2 is 2.09 bits per heavy atom. The molecule has 1 heterocycles. The summed E-state index contributed by atoms with van der Waals surface area (Å²) in [6.07, 6.45) is 0. The quantitative estimate of drug-likeness (QED) is 0.630. The van der Waals surface area contributed by atoms with Gasteiger partial charge in [0.05, 0.1) is 21.7 Å². The SMILES string of the molecule is Cc1nc(C)c(C(C)N(C)C(=O)c2cc(F)ccc2[N+](=O)[O-])s1. The van der Waals surface area contributed by atoms with E-state index in [4.69, 9.17) is 0 Å². The number of amides is 1. The molecule has 1 aromatic heterocycles. The van der Waals surface area contributed by atoms with Crippen LogP contribution in [0.5, 0.6) is 0 Å². The fraction of sp³-hybridized carbons (Fsp3) is 0.333. The highest BCUT2D eigenvalue weighted by Crippen LogP contribution is 2.30. The molecule has 8 heteroatoms. The van der Waals surface area contributed by atoms with Gasteiger partial charge in [0.15, 0.2) is 0 Å². The summed E-state index contributed by atoms with van der Waals surface area (Å²) >= 11 is 1.46. The highest BCUT2D eigenvalue weighted by Gasteiger charge is 2.28. The van der Waals surface area contributed by atoms with E-state index in [1.807, 2.05) is 20.8 Å². The Balaban J connectivity index is 2.38. The number of benzene rings is 1. The first-order chi connectivity index (χ1) is 10.7. The fourth-order valence-electron chi connectivity index (χ4n) is 2.32. The van der Waals surface area contributed by atoms with Crippen LogP contribution in [0.25, 0.3) is 0 Å². The lowest BCUT2D eigenvalue weighted by Gasteiger charge is -2.24. The maximum Gasteiger partial charge on any atom is 0.282 e. The first-order valence-corrected chi connectivity index (χ1v) is 7.69. The topological polar surface area (TPSA) is 76.3 Å². The van der Waals surface area contributed by atoms with Gasteiger partial charge in [-0.05, 0) is 32.9 Å². The van der Waals surface area contributed by atoms with Crippen LogP contribution >= 0.6 is 11.3 Å². The molecule has 0 fully saturated rings. The van der Waals surface area contributed by atoms with Crippen LogP contribution in [0.15, 0.2) is 18.2 Å². The molecule has 0 bridgehead atoms. The van der Waals surface area contributed by atoms with Gasteiger partial charge in [-0.1, -0.05) is 0 Å². The van der Waals surface area contributed by atoms with Gasteiger partial charge < -0.3 is 4.90 Å². The van der Waals surface area contributed by atoms with Crippen molar-refractivity contribution in [3.05, 3.63) is 55.3 Å². The van der Waals surface area contributed by atoms with Crippen molar-refractivity contribution in [2.45, 2.75) is 26.8 Å². The van der Waals surface area contributed by atoms with Crippen molar-refractivity contribution < 1.29 is 14.1 Å². The predicted octanol–water partition coefficient (Wildman–Crippen LogP) is 3.64. The van der Waals surface area contributed by atoms with Gasteiger partial charge >= 0.3 is 0 Å². The van der Waals surface area contributed by atoms with Gasteiger partial charge in [-0.2, -0.15) is 0 Å². The molecule has 1 amide bonds. The average molecular weight is 337 g/mol. The number of carbonyl (C=O) groups is 1. The van der Waals surface area contributed by atoms with Crippen LogP contribution < -0.4 is 0 Å². The number of nitrogens with zero attached hydrogens (tertiary/aromatic N) is 3. The maximum absolute atomic E-state index is 13.4. The van der Waals surface area contributed by atoms with E-state index in [0.717, 1.165) is 33.8 Å². The summed E-state index contributed by atoms with van der Waals surface area (Å²) in [4.78, 5) is 29.6. The molecule has 122 valence electrons. The van der Waals surface area contributed by atoms with Crippen molar-refractivity contribution in [3.63, 3.8) is 0 Å². The summed E-state index contributed by atoms with van der Waals surface area (Å²) in [5.41, 5.74) is 0.143. The van der Waals surface area contributed by atoms with Crippen LogP contribution in [0.4, 0.5) is 10.1 Å². The monoisotopic (exact) mass is 337 g/mol. The third-order valence-electron chi connectivity index (χ3n) is 3.61. The molecule has 0 aliphatic heterocycles. The van der Waals surface area contributed by atoms with Crippen molar-refractivity contribution in [2.75, 3.05) is 7.05 Å². The van der Waals surface area contributed by atoms with Crippen molar-refractivity contribution in [1.29, 1.82) is 0 Å². The summed E-state index contributed by atoms with van der Waals surface area (Å²) in [5.74, 6) is -1.29. The van der Waals surface area contributed by atoms with E-state index >= 15 is 0 Å². The Morgan fingerprint density at radius 1 is 1.43 bits per heavy atom. The highest BCUT2D eigenvalue weighted by molar-refractivity contribution is 7.11. The number of rotatable bonds is 4. The minimum absolute atomic E-state index is 0.261. The molecule has 2 rings (SSSR count). The summed E-state index contributed by atoms with van der Waals surface area (Å²) in [5, 5.41) is 11.9. The molecule has 6 nitrogen and oxygen atoms in total. The predicted molar refractivity (Wildman–Crippen MR) is 85.2 cm³/mol. The summed E-state index contributed by atoms with van der Waals surface area (Å²) < 4.78 is 13.4. The molecule has 1 atom stereocenters. The zero-order chi connectivity index (χ0) is 17.3. The number of hydrogen-bond donors (Lipinski definition) is 0. The smallest absolute Gasteiger partial charge is 0.282 e. The number of carbonyl (C=O) groups excluding carboxylic acids is 1. The summed E-state index contributed by atoms with van der Waals surface area (Å²) in [6.45, 7) is 5.52. The molecule has 0 saturated heterocycles. The third-order valence-corrected chi connectivity index (χ3v) is 4.85. The fourth-order valence-corrected chi connectivity index (χ4v) is 3.34. The van der Waals surface area contributed by atoms with Gasteiger partial charge in [0, 0.05) is 18.0 Å². The van der Waals surface area contributed by atoms with Gasteiger partial charge in [-0.3, -0.25) is 14.9 Å². The Hall–Kier alpha value is -2.35. The third kappa shape index (κ3) is 3.37. The van der Waals surface area contributed by atoms with Crippen molar-refractivity contribution in [3.8, 4) is 0 Å². The van der Waals surface area contributed by atoms with E-state index < -0.39 is 22.3 Å². The maximum atomic E-state index is 13.4. The molecular weight excluding hydrogens is 321 g/mol. The van der Waals surface area contributed by atoms with Crippen LogP contribution in [-0.4, -0.2) is 27.8 Å². The molecule has 0 radical (unpaired) electrons. The lowest BCUT2D eigenvalue weighted by Crippen LogP contribution is -2.30. The van der Waals surface area contributed by atoms with Crippen molar-refractivity contribution in [2.24, 2.45) is 0 Å². The number of thiazole rings is 1. The Labute approximate surface area is 136 Å². The standard InChI is InChI=1S/C15H16FN3O3S/c1-8-14(23-10(3)17-8)9(2)18(4)15(20)12-7-11(16)5-6-13(12)19(21)22/h5-7,9H,1-4H3. The number of nitro groups is 1. The molecule has 0 spiro atoms. The zero-order valence-electron chi connectivity index (χ0n) is 13.2. The number of hydrogen-bond acceptors (Lipinski definition) is 5. The normalized spacial score (nSPS) is 12.0. The van der Waals surface area contributed by atoms with Crippen LogP contribution in [0.3, 0.4) is 0 Å². The van der Waals surface area contributed by atoms with Crippen LogP contribution in [-0.2, 0) is 0 Å². The van der Waals surface area contributed by atoms with Gasteiger partial charge in [-0.15, -0.1) is 11.3 Å². The Kier molecular flexibility index (Phi) is 4.74. The van der Waals surface area contributed by atoms with Crippen LogP contribution in [0, 0.1) is 29.8 Å². The molecule has 0 aliphatic rings. The van der Waals surface area contributed by atoms with E-state index in [1.54, 1.807) is 0 Å². The Bertz CT molecular complexity index is 775. The molecule has 0 N–H and O–H groups in total. The minimum atomic E-state index is -0.690. The number of nitro benzene ring substituents is 1. The lowest BCUT2D eigenvalue weighted by molar-refractivity contribution is -0.385. The average Bonchev–Trinajstić information content (AvgIpc) is 2.83. The molecular formula is C15H16FN3O3S. The molecule has 1 aromatic carbocycles. The molecule has 23 heavy (non-hydrogen) atoms. The summed E-state index contributed by atoms with van der Waals surface area (Å²) in [6, 6.07) is 2.55. The Morgan fingerprint density at radius 3 is 2.61 bits per heavy atom. The first kappa shape index (κ1) is 17.0. The zero-order valence-corrected chi connectivity index (χ0v) is 14.0. The molecule has 0 saturated carbocycles. The largest absolute Gasteiger partial charge is 0.334 e.